The van der Waals surface area contributed by atoms with Crippen molar-refractivity contribution in [2.45, 2.75) is 122 Å². The summed E-state index contributed by atoms with van der Waals surface area (Å²) in [5, 5.41) is 23.8. The summed E-state index contributed by atoms with van der Waals surface area (Å²) < 4.78 is 20.6. The molecule has 13 nitrogen and oxygen atoms in total. The van der Waals surface area contributed by atoms with Crippen molar-refractivity contribution in [3.63, 3.8) is 0 Å². The number of carbonyl (C=O) groups is 2. The molecule has 0 amide bonds. The molecule has 5 rings (SSSR count). The van der Waals surface area contributed by atoms with Crippen molar-refractivity contribution in [3.8, 4) is 11.3 Å². The molecule has 2 radical (unpaired) electrons. The van der Waals surface area contributed by atoms with Gasteiger partial charge in [0.2, 0.25) is 6.41 Å². The highest BCUT2D eigenvalue weighted by Gasteiger charge is 2.57. The average molecular weight is 750 g/mol. The van der Waals surface area contributed by atoms with Crippen LogP contribution in [0.2, 0.25) is 5.82 Å². The van der Waals surface area contributed by atoms with E-state index in [1.54, 1.807) is 25.7 Å². The molecule has 0 spiro atoms. The minimum absolute atomic E-state index is 0.112. The van der Waals surface area contributed by atoms with Gasteiger partial charge in [0.15, 0.2) is 0 Å². The number of aromatic nitrogens is 4. The summed E-state index contributed by atoms with van der Waals surface area (Å²) in [6.45, 7) is 13.5. The first-order valence-electron chi connectivity index (χ1n) is 18.7. The monoisotopic (exact) mass is 749 g/mol. The van der Waals surface area contributed by atoms with Crippen molar-refractivity contribution in [2.24, 2.45) is 17.8 Å². The third kappa shape index (κ3) is 9.20. The van der Waals surface area contributed by atoms with E-state index >= 15 is 0 Å². The van der Waals surface area contributed by atoms with Gasteiger partial charge in [-0.05, 0) is 76.9 Å². The normalized spacial score (nSPS) is 33.6. The Labute approximate surface area is 318 Å². The van der Waals surface area contributed by atoms with Crippen molar-refractivity contribution in [1.82, 2.24) is 30.2 Å². The van der Waals surface area contributed by atoms with E-state index < -0.39 is 47.3 Å². The van der Waals surface area contributed by atoms with Crippen LogP contribution in [-0.4, -0.2) is 106 Å². The zero-order valence-electron chi connectivity index (χ0n) is 32.1. The highest BCUT2D eigenvalue weighted by molar-refractivity contribution is 7.09. The number of methoxy groups -OCH3 is 1. The van der Waals surface area contributed by atoms with Crippen LogP contribution >= 0.6 is 11.3 Å². The summed E-state index contributed by atoms with van der Waals surface area (Å²) >= 11 is 1.38. The molecule has 2 aliphatic heterocycles. The predicted molar refractivity (Wildman–Crippen MR) is 205 cm³/mol. The first-order valence-corrected chi connectivity index (χ1v) is 19.6. The third-order valence-corrected chi connectivity index (χ3v) is 12.1. The van der Waals surface area contributed by atoms with E-state index in [0.717, 1.165) is 29.0 Å². The Morgan fingerprint density at radius 2 is 1.94 bits per heavy atom. The number of aryl methyl sites for hydroxylation is 1. The third-order valence-electron chi connectivity index (χ3n) is 11.3. The molecule has 0 saturated carbocycles. The lowest BCUT2D eigenvalue weighted by Crippen LogP contribution is -2.61. The van der Waals surface area contributed by atoms with Crippen LogP contribution in [0.15, 0.2) is 42.2 Å². The maximum Gasteiger partial charge on any atom is 0.317 e. The second-order valence-electron chi connectivity index (χ2n) is 15.3. The van der Waals surface area contributed by atoms with Gasteiger partial charge in [-0.1, -0.05) is 38.1 Å². The zero-order chi connectivity index (χ0) is 38.5. The molecule has 2 saturated heterocycles. The van der Waals surface area contributed by atoms with Crippen LogP contribution < -0.4 is 11.1 Å². The molecule has 10 atom stereocenters. The number of aliphatic hydroxyl groups excluding tert-OH is 1. The van der Waals surface area contributed by atoms with E-state index in [1.807, 2.05) is 60.8 Å². The Balaban J connectivity index is 1.39. The Morgan fingerprint density at radius 3 is 2.62 bits per heavy atom. The van der Waals surface area contributed by atoms with Crippen LogP contribution in [0.1, 0.15) is 72.1 Å². The zero-order valence-corrected chi connectivity index (χ0v) is 32.9. The number of hydrogen-bond acceptors (Lipinski definition) is 13. The lowest BCUT2D eigenvalue weighted by Gasteiger charge is -2.42. The quantitative estimate of drug-likeness (QED) is 0.0888. The molecule has 3 aromatic rings. The van der Waals surface area contributed by atoms with Gasteiger partial charge in [0, 0.05) is 60.9 Å². The highest BCUT2D eigenvalue weighted by Crippen LogP contribution is 2.42. The molecule has 1 unspecified atom stereocenters. The molecule has 288 valence electrons. The fraction of sp³-hybridized carbons (Fsp3) is 0.658. The average Bonchev–Trinajstić information content (AvgIpc) is 3.89. The molecule has 15 heteroatoms. The number of nitrogen functional groups attached to an aromatic ring is 1. The number of nitrogens with one attached hydrogen (secondary N) is 1. The molecular formula is C38H56BN7O6S. The van der Waals surface area contributed by atoms with Crippen molar-refractivity contribution in [3.05, 3.63) is 47.0 Å². The summed E-state index contributed by atoms with van der Waals surface area (Å²) in [5.41, 5.74) is 8.01. The van der Waals surface area contributed by atoms with E-state index in [4.69, 9.17) is 27.8 Å². The number of benzene rings is 1. The highest BCUT2D eigenvalue weighted by atomic mass is 32.1. The lowest BCUT2D eigenvalue weighted by atomic mass is 9.62. The topological polar surface area (TPSA) is 167 Å². The van der Waals surface area contributed by atoms with Crippen LogP contribution in [-0.2, 0) is 36.8 Å². The lowest BCUT2D eigenvalue weighted by molar-refractivity contribution is -0.207. The Morgan fingerprint density at radius 1 is 1.19 bits per heavy atom. The number of rotatable bonds is 10. The first-order chi connectivity index (χ1) is 25.2. The number of ketones is 1. The van der Waals surface area contributed by atoms with Crippen molar-refractivity contribution in [2.75, 3.05) is 25.9 Å². The van der Waals surface area contributed by atoms with E-state index in [0.29, 0.717) is 38.2 Å². The number of carbonyl (C=O) groups excluding carboxylic acids is 2. The van der Waals surface area contributed by atoms with Crippen LogP contribution in [0.25, 0.3) is 11.3 Å². The summed E-state index contributed by atoms with van der Waals surface area (Å²) in [7, 11) is 8.44. The number of aliphatic hydroxyl groups is 1. The molecular weight excluding hydrogens is 693 g/mol. The van der Waals surface area contributed by atoms with Crippen molar-refractivity contribution < 1.29 is 28.9 Å². The van der Waals surface area contributed by atoms with Gasteiger partial charge >= 0.3 is 5.97 Å². The molecule has 2 fully saturated rings. The molecule has 2 aromatic heterocycles. The summed E-state index contributed by atoms with van der Waals surface area (Å²) in [4.78, 5) is 35.4. The molecule has 1 aromatic carbocycles. The van der Waals surface area contributed by atoms with Gasteiger partial charge in [0.05, 0.1) is 31.2 Å². The second-order valence-corrected chi connectivity index (χ2v) is 16.3. The number of nitrogens with two attached hydrogens (primary N) is 1. The van der Waals surface area contributed by atoms with Gasteiger partial charge in [-0.25, -0.2) is 4.90 Å². The van der Waals surface area contributed by atoms with Gasteiger partial charge in [-0.2, -0.15) is 0 Å². The largest absolute Gasteiger partial charge is 0.459 e. The van der Waals surface area contributed by atoms with E-state index in [9.17, 15) is 14.7 Å². The number of fused-ring (bicyclic) bond motifs is 1. The van der Waals surface area contributed by atoms with Gasteiger partial charge in [0.25, 0.3) is 0 Å². The Bertz CT molecular complexity index is 1660. The van der Waals surface area contributed by atoms with E-state index in [1.165, 1.54) is 11.3 Å². The molecule has 53 heavy (non-hydrogen) atoms. The van der Waals surface area contributed by atoms with Crippen LogP contribution in [0.4, 0.5) is 5.69 Å². The van der Waals surface area contributed by atoms with Gasteiger partial charge in [-0.15, -0.1) is 16.4 Å². The second kappa shape index (κ2) is 17.5. The maximum atomic E-state index is 14.3. The number of cyclic esters (lactones) is 1. The van der Waals surface area contributed by atoms with Crippen molar-refractivity contribution in [1.29, 1.82) is 0 Å². The van der Waals surface area contributed by atoms with E-state index in [2.05, 4.69) is 34.5 Å². The van der Waals surface area contributed by atoms with Crippen molar-refractivity contribution >= 4 is 36.6 Å². The molecule has 4 heterocycles. The van der Waals surface area contributed by atoms with E-state index in [-0.39, 0.29) is 30.2 Å². The SMILES string of the molecule is [B][C@@H]1[C@@H](C)C(=O)[C@@H](Cc2cncs2)C(=O)O[C@H](CC)[C@@]2(C)OC(O)N(CCCCn3cc(-c4cccc(N)c4)nn3)[C@@H]2[C@@H](C)NC[C@H](C)C[C@@]1(C)OC. The summed E-state index contributed by atoms with van der Waals surface area (Å²) in [5.74, 6) is -3.30. The molecule has 0 aliphatic carbocycles. The number of thiazole rings is 1. The summed E-state index contributed by atoms with van der Waals surface area (Å²) in [6.07, 6.45) is 4.21. The van der Waals surface area contributed by atoms with Crippen LogP contribution in [0.5, 0.6) is 0 Å². The number of anilines is 1. The fourth-order valence-electron chi connectivity index (χ4n) is 8.25. The standard InChI is InChI=1S/C38H56BN7O6S/c1-8-31-38(6)34(46(36(49)52-38)15-10-9-14-45-21-30(43-44-45)26-12-11-13-27(40)16-26)25(4)42-19-23(2)18-37(5,50-7)33(39)24(3)32(47)29(35(48)51-31)17-28-20-41-22-53-28/h11-13,16,20-25,29,31,33-34,36,42,49H,8-10,14-15,17-19,40H2,1-7H3/t23-,24+,25-,29-,31-,33-,34-,36?,37-,38-/m1/s1. The smallest absolute Gasteiger partial charge is 0.317 e. The Kier molecular flexibility index (Phi) is 13.5. The predicted octanol–water partition coefficient (Wildman–Crippen LogP) is 4.27. The maximum absolute atomic E-state index is 14.3. The Hall–Kier alpha value is -3.21. The number of Topliss-reactive ketones (excluding diaryl/α,β-unsaturated/α-hetero) is 1. The number of esters is 1. The first kappa shape index (κ1) is 41.0. The van der Waals surface area contributed by atoms with Crippen LogP contribution in [0.3, 0.4) is 0 Å². The minimum atomic E-state index is -1.23. The number of ether oxygens (including phenoxy) is 3. The number of nitrogens with zero attached hydrogens (tertiary/aromatic N) is 5. The number of hydrogen-bond donors (Lipinski definition) is 3. The molecule has 2 aliphatic rings. The summed E-state index contributed by atoms with van der Waals surface area (Å²) in [6, 6.07) is 6.97. The van der Waals surface area contributed by atoms with Gasteiger partial charge < -0.3 is 30.4 Å². The fourth-order valence-corrected chi connectivity index (χ4v) is 8.89. The van der Waals surface area contributed by atoms with Gasteiger partial charge in [-0.3, -0.25) is 19.3 Å². The molecule has 0 bridgehead atoms. The minimum Gasteiger partial charge on any atom is -0.459 e. The van der Waals surface area contributed by atoms with Crippen LogP contribution in [0, 0.1) is 17.8 Å². The van der Waals surface area contributed by atoms with Gasteiger partial charge in [0.1, 0.15) is 29.1 Å². The number of unbranched alkanes of at least 4 members (excludes halogenated alkanes) is 1. The molecule has 4 N–H and O–H groups in total.